The van der Waals surface area contributed by atoms with Crippen molar-refractivity contribution in [2.45, 2.75) is 290 Å². The summed E-state index contributed by atoms with van der Waals surface area (Å²) in [5.74, 6) is -0.871. The third-order valence-corrected chi connectivity index (χ3v) is 11.7. The predicted molar refractivity (Wildman–Crippen MR) is 256 cm³/mol. The molecule has 0 aromatic heterocycles. The van der Waals surface area contributed by atoms with Crippen LogP contribution in [-0.2, 0) is 28.6 Å². The summed E-state index contributed by atoms with van der Waals surface area (Å²) in [6, 6.07) is 0. The highest BCUT2D eigenvalue weighted by Gasteiger charge is 2.19. The second-order valence-corrected chi connectivity index (χ2v) is 17.8. The molecule has 0 aliphatic rings. The van der Waals surface area contributed by atoms with Crippen LogP contribution in [0.5, 0.6) is 0 Å². The Morgan fingerprint density at radius 1 is 0.333 bits per heavy atom. The van der Waals surface area contributed by atoms with Crippen molar-refractivity contribution in [3.63, 3.8) is 0 Å². The Bertz CT molecular complexity index is 973. The highest BCUT2D eigenvalue weighted by molar-refractivity contribution is 5.71. The Balaban J connectivity index is 4.35. The zero-order valence-electron chi connectivity index (χ0n) is 40.2. The molecule has 0 heterocycles. The zero-order valence-corrected chi connectivity index (χ0v) is 40.2. The summed E-state index contributed by atoms with van der Waals surface area (Å²) in [4.78, 5) is 38.0. The summed E-state index contributed by atoms with van der Waals surface area (Å²) in [6.07, 6.45) is 55.8. The molecule has 0 bridgehead atoms. The first-order valence-electron chi connectivity index (χ1n) is 26.3. The maximum Gasteiger partial charge on any atom is 0.306 e. The van der Waals surface area contributed by atoms with Crippen molar-refractivity contribution in [2.75, 3.05) is 13.2 Å². The van der Waals surface area contributed by atoms with Crippen molar-refractivity contribution in [1.82, 2.24) is 0 Å². The molecule has 0 saturated carbocycles. The molecule has 0 aliphatic carbocycles. The van der Waals surface area contributed by atoms with Crippen molar-refractivity contribution in [3.8, 4) is 0 Å². The fourth-order valence-electron chi connectivity index (χ4n) is 7.70. The quantitative estimate of drug-likeness (QED) is 0.0263. The lowest BCUT2D eigenvalue weighted by Gasteiger charge is -2.18. The number of hydrogen-bond acceptors (Lipinski definition) is 6. The standard InChI is InChI=1S/C54H100O6/c1-4-7-10-13-16-19-22-25-27-30-32-35-38-41-44-47-53(56)59-50-51(49-58-52(55)46-43-40-37-34-31-28-24-21-18-15-12-9-6-3)60-54(57)48-45-42-39-36-33-29-26-23-20-17-14-11-8-5-2/h14,17,23,26,51H,4-13,15-16,18-22,24-25,27-50H2,1-3H3/b17-14+,26-23+/t51-/m1/s1. The van der Waals surface area contributed by atoms with Crippen LogP contribution in [0.3, 0.4) is 0 Å². The minimum atomic E-state index is -0.772. The van der Waals surface area contributed by atoms with Crippen molar-refractivity contribution in [2.24, 2.45) is 0 Å². The molecular formula is C54H100O6. The van der Waals surface area contributed by atoms with Gasteiger partial charge in [-0.15, -0.1) is 0 Å². The van der Waals surface area contributed by atoms with Crippen LogP contribution >= 0.6 is 0 Å². The van der Waals surface area contributed by atoms with Gasteiger partial charge in [0.15, 0.2) is 6.10 Å². The Morgan fingerprint density at radius 2 is 0.617 bits per heavy atom. The van der Waals surface area contributed by atoms with Crippen molar-refractivity contribution in [1.29, 1.82) is 0 Å². The normalized spacial score (nSPS) is 12.1. The maximum absolute atomic E-state index is 12.8. The molecule has 6 heteroatoms. The highest BCUT2D eigenvalue weighted by atomic mass is 16.6. The van der Waals surface area contributed by atoms with E-state index in [0.29, 0.717) is 19.3 Å². The molecule has 0 aliphatic heterocycles. The van der Waals surface area contributed by atoms with Gasteiger partial charge in [0, 0.05) is 19.3 Å². The molecule has 0 radical (unpaired) electrons. The molecule has 0 spiro atoms. The molecule has 1 atom stereocenters. The molecule has 0 fully saturated rings. The van der Waals surface area contributed by atoms with Gasteiger partial charge in [-0.05, 0) is 44.9 Å². The highest BCUT2D eigenvalue weighted by Crippen LogP contribution is 2.16. The van der Waals surface area contributed by atoms with Gasteiger partial charge in [-0.25, -0.2) is 0 Å². The van der Waals surface area contributed by atoms with Crippen LogP contribution in [0.4, 0.5) is 0 Å². The number of carbonyl (C=O) groups excluding carboxylic acids is 3. The third kappa shape index (κ3) is 46.9. The first-order valence-corrected chi connectivity index (χ1v) is 26.3. The Kier molecular flexibility index (Phi) is 47.8. The van der Waals surface area contributed by atoms with E-state index in [4.69, 9.17) is 14.2 Å². The molecule has 0 N–H and O–H groups in total. The van der Waals surface area contributed by atoms with E-state index in [1.54, 1.807) is 0 Å². The molecule has 0 unspecified atom stereocenters. The van der Waals surface area contributed by atoms with Gasteiger partial charge in [-0.3, -0.25) is 14.4 Å². The topological polar surface area (TPSA) is 78.9 Å². The molecule has 60 heavy (non-hydrogen) atoms. The van der Waals surface area contributed by atoms with Gasteiger partial charge in [-0.1, -0.05) is 244 Å². The summed E-state index contributed by atoms with van der Waals surface area (Å²) in [7, 11) is 0. The van der Waals surface area contributed by atoms with E-state index >= 15 is 0 Å². The minimum absolute atomic E-state index is 0.0720. The third-order valence-electron chi connectivity index (χ3n) is 11.7. The summed E-state index contributed by atoms with van der Waals surface area (Å²) in [5.41, 5.74) is 0. The maximum atomic E-state index is 12.8. The fraction of sp³-hybridized carbons (Fsp3) is 0.870. The van der Waals surface area contributed by atoms with Gasteiger partial charge >= 0.3 is 17.9 Å². The van der Waals surface area contributed by atoms with Crippen LogP contribution in [0, 0.1) is 0 Å². The lowest BCUT2D eigenvalue weighted by atomic mass is 10.0. The Morgan fingerprint density at radius 3 is 0.967 bits per heavy atom. The molecule has 352 valence electrons. The molecule has 0 aromatic carbocycles. The van der Waals surface area contributed by atoms with Gasteiger partial charge in [-0.2, -0.15) is 0 Å². The SMILES string of the molecule is CCCC/C=C/C/C=C/CCCCCCCC(=O)O[C@H](COC(=O)CCCCCCCCCCCCCCC)COC(=O)CCCCCCCCCCCCCCCCC. The lowest BCUT2D eigenvalue weighted by molar-refractivity contribution is -0.167. The second-order valence-electron chi connectivity index (χ2n) is 17.8. The van der Waals surface area contributed by atoms with Crippen molar-refractivity contribution in [3.05, 3.63) is 24.3 Å². The van der Waals surface area contributed by atoms with Gasteiger partial charge in [0.1, 0.15) is 13.2 Å². The minimum Gasteiger partial charge on any atom is -0.462 e. The molecule has 0 amide bonds. The van der Waals surface area contributed by atoms with E-state index in [0.717, 1.165) is 83.5 Å². The summed E-state index contributed by atoms with van der Waals surface area (Å²) in [5, 5.41) is 0. The van der Waals surface area contributed by atoms with E-state index in [9.17, 15) is 14.4 Å². The number of unbranched alkanes of at least 4 members (excludes halogenated alkanes) is 33. The summed E-state index contributed by atoms with van der Waals surface area (Å²) >= 11 is 0. The van der Waals surface area contributed by atoms with E-state index in [2.05, 4.69) is 45.1 Å². The van der Waals surface area contributed by atoms with Crippen LogP contribution in [0.15, 0.2) is 24.3 Å². The first kappa shape index (κ1) is 57.9. The van der Waals surface area contributed by atoms with Gasteiger partial charge in [0.25, 0.3) is 0 Å². The van der Waals surface area contributed by atoms with Crippen molar-refractivity contribution < 1.29 is 28.6 Å². The summed E-state index contributed by atoms with van der Waals surface area (Å²) < 4.78 is 16.8. The van der Waals surface area contributed by atoms with Crippen LogP contribution in [0.1, 0.15) is 284 Å². The smallest absolute Gasteiger partial charge is 0.306 e. The van der Waals surface area contributed by atoms with Crippen LogP contribution in [0.25, 0.3) is 0 Å². The fourth-order valence-corrected chi connectivity index (χ4v) is 7.70. The first-order chi connectivity index (χ1) is 29.5. The van der Waals surface area contributed by atoms with Crippen LogP contribution in [-0.4, -0.2) is 37.2 Å². The molecular weight excluding hydrogens is 745 g/mol. The van der Waals surface area contributed by atoms with E-state index < -0.39 is 6.10 Å². The van der Waals surface area contributed by atoms with Crippen molar-refractivity contribution >= 4 is 17.9 Å². The second kappa shape index (κ2) is 49.5. The zero-order chi connectivity index (χ0) is 43.7. The van der Waals surface area contributed by atoms with E-state index in [-0.39, 0.29) is 31.1 Å². The van der Waals surface area contributed by atoms with E-state index in [1.165, 1.54) is 161 Å². The number of hydrogen-bond donors (Lipinski definition) is 0. The average molecular weight is 845 g/mol. The largest absolute Gasteiger partial charge is 0.462 e. The molecule has 0 rings (SSSR count). The number of allylic oxidation sites excluding steroid dienone is 4. The molecule has 0 aromatic rings. The lowest BCUT2D eigenvalue weighted by Crippen LogP contribution is -2.30. The van der Waals surface area contributed by atoms with Crippen LogP contribution < -0.4 is 0 Å². The van der Waals surface area contributed by atoms with E-state index in [1.807, 2.05) is 0 Å². The van der Waals surface area contributed by atoms with Crippen LogP contribution in [0.2, 0.25) is 0 Å². The number of esters is 3. The summed E-state index contributed by atoms with van der Waals surface area (Å²) in [6.45, 7) is 6.62. The molecule has 6 nitrogen and oxygen atoms in total. The monoisotopic (exact) mass is 845 g/mol. The number of ether oxygens (including phenoxy) is 3. The van der Waals surface area contributed by atoms with Gasteiger partial charge in [0.2, 0.25) is 0 Å². The average Bonchev–Trinajstić information content (AvgIpc) is 3.24. The Labute approximate surface area is 373 Å². The van der Waals surface area contributed by atoms with Gasteiger partial charge in [0.05, 0.1) is 0 Å². The predicted octanol–water partition coefficient (Wildman–Crippen LogP) is 17.2. The van der Waals surface area contributed by atoms with Gasteiger partial charge < -0.3 is 14.2 Å². The number of rotatable bonds is 48. The Hall–Kier alpha value is -2.11. The number of carbonyl (C=O) groups is 3. The molecule has 0 saturated heterocycles.